The average Bonchev–Trinajstić information content (AvgIpc) is 3.40. The van der Waals surface area contributed by atoms with Gasteiger partial charge in [0.25, 0.3) is 10.9 Å². The lowest BCUT2D eigenvalue weighted by molar-refractivity contribution is 0.0666. The molecule has 1 fully saturated rings. The van der Waals surface area contributed by atoms with Crippen LogP contribution in [0.25, 0.3) is 16.2 Å². The fourth-order valence-corrected chi connectivity index (χ4v) is 7.38. The van der Waals surface area contributed by atoms with Gasteiger partial charge in [0.15, 0.2) is 15.7 Å². The van der Waals surface area contributed by atoms with Crippen molar-refractivity contribution in [1.29, 1.82) is 0 Å². The second-order valence-electron chi connectivity index (χ2n) is 8.59. The smallest absolute Gasteiger partial charge is 0.278 e. The predicted molar refractivity (Wildman–Crippen MR) is 145 cm³/mol. The Kier molecular flexibility index (Phi) is 7.09. The first-order valence-corrected chi connectivity index (χ1v) is 14.7. The van der Waals surface area contributed by atoms with Gasteiger partial charge in [-0.2, -0.15) is 0 Å². The zero-order chi connectivity index (χ0) is 26.9. The zero-order valence-electron chi connectivity index (χ0n) is 19.7. The molecule has 0 spiro atoms. The fraction of sp³-hybridized carbons (Fsp3) is 0.192. The quantitative estimate of drug-likeness (QED) is 0.288. The second kappa shape index (κ2) is 10.3. The summed E-state index contributed by atoms with van der Waals surface area (Å²) in [7, 11) is -4.24. The summed E-state index contributed by atoms with van der Waals surface area (Å²) in [6, 6.07) is 13.7. The molecule has 1 amide bonds. The maximum atomic E-state index is 16.4. The Bertz CT molecular complexity index is 1670. The molecule has 0 bridgehead atoms. The van der Waals surface area contributed by atoms with Crippen molar-refractivity contribution >= 4 is 48.7 Å². The summed E-state index contributed by atoms with van der Waals surface area (Å²) in [5.74, 6) is -0.536. The molecule has 0 saturated carbocycles. The lowest BCUT2D eigenvalue weighted by Crippen LogP contribution is -2.53. The van der Waals surface area contributed by atoms with Crippen molar-refractivity contribution in [2.75, 3.05) is 18.8 Å². The minimum Gasteiger partial charge on any atom is -0.333 e. The number of aromatic nitrogens is 3. The summed E-state index contributed by atoms with van der Waals surface area (Å²) in [6.45, 7) is 6.42. The van der Waals surface area contributed by atoms with Crippen molar-refractivity contribution in [1.82, 2.24) is 19.9 Å². The number of carbonyl (C=O) groups excluding carboxylic acids is 1. The summed E-state index contributed by atoms with van der Waals surface area (Å²) in [4.78, 5) is 31.1. The summed E-state index contributed by atoms with van der Waals surface area (Å²) >= 11 is 4.22. The van der Waals surface area contributed by atoms with Gasteiger partial charge in [-0.05, 0) is 17.7 Å². The molecule has 1 aliphatic heterocycles. The topological polar surface area (TPSA) is 97.5 Å². The molecule has 0 aliphatic carbocycles. The second-order valence-corrected chi connectivity index (χ2v) is 12.8. The first-order valence-electron chi connectivity index (χ1n) is 11.4. The molecule has 192 valence electrons. The van der Waals surface area contributed by atoms with E-state index in [4.69, 9.17) is 6.57 Å². The highest BCUT2D eigenvalue weighted by molar-refractivity contribution is 9.10. The van der Waals surface area contributed by atoms with Crippen LogP contribution in [0.4, 0.5) is 10.1 Å². The summed E-state index contributed by atoms with van der Waals surface area (Å²) in [5.41, 5.74) is 2.11. The van der Waals surface area contributed by atoms with Gasteiger partial charge in [-0.25, -0.2) is 32.6 Å². The minimum atomic E-state index is -4.24. The van der Waals surface area contributed by atoms with Crippen molar-refractivity contribution in [2.45, 2.75) is 11.4 Å². The van der Waals surface area contributed by atoms with Crippen LogP contribution in [0.3, 0.4) is 0 Å². The normalized spacial score (nSPS) is 18.6. The van der Waals surface area contributed by atoms with Gasteiger partial charge < -0.3 is 4.90 Å². The zero-order valence-corrected chi connectivity index (χ0v) is 22.9. The van der Waals surface area contributed by atoms with Crippen molar-refractivity contribution < 1.29 is 17.6 Å². The first-order chi connectivity index (χ1) is 18.2. The van der Waals surface area contributed by atoms with E-state index in [1.54, 1.807) is 24.5 Å². The number of nitrogens with zero attached hydrogens (tertiary/aromatic N) is 5. The third kappa shape index (κ3) is 4.84. The van der Waals surface area contributed by atoms with Crippen molar-refractivity contribution in [3.8, 4) is 11.4 Å². The van der Waals surface area contributed by atoms with Crippen molar-refractivity contribution in [3.05, 3.63) is 104 Å². The Morgan fingerprint density at radius 2 is 1.92 bits per heavy atom. The molecule has 0 radical (unpaired) electrons. The van der Waals surface area contributed by atoms with E-state index in [0.29, 0.717) is 21.6 Å². The lowest BCUT2D eigenvalue weighted by Gasteiger charge is -2.35. The van der Waals surface area contributed by atoms with Gasteiger partial charge >= 0.3 is 0 Å². The van der Waals surface area contributed by atoms with Crippen LogP contribution in [0.15, 0.2) is 71.6 Å². The number of carbonyl (C=O) groups is 1. The maximum absolute atomic E-state index is 16.4. The van der Waals surface area contributed by atoms with Crippen LogP contribution in [0.5, 0.6) is 0 Å². The van der Waals surface area contributed by atoms with Gasteiger partial charge in [-0.3, -0.25) is 4.79 Å². The van der Waals surface area contributed by atoms with E-state index in [9.17, 15) is 13.2 Å². The Hall–Kier alpha value is -3.53. The standard InChI is InChI=1S/C26H19BrFN5O3S2/c1-29-22-14-18(7-8-21(22)27)24(34)33-11-12-38(35,36)26(28,16-33)25-32-15-19(37-25)13-17-5-2-3-6-20(17)23-30-9-4-10-31-23/h2-10,14-15H,11-13,16H2/t26-/m1/s1. The van der Waals surface area contributed by atoms with Crippen LogP contribution < -0.4 is 0 Å². The molecule has 1 aliphatic rings. The molecule has 3 heterocycles. The highest BCUT2D eigenvalue weighted by atomic mass is 79.9. The van der Waals surface area contributed by atoms with E-state index in [2.05, 4.69) is 35.7 Å². The maximum Gasteiger partial charge on any atom is 0.278 e. The summed E-state index contributed by atoms with van der Waals surface area (Å²) < 4.78 is 42.8. The molecule has 8 nitrogen and oxygen atoms in total. The van der Waals surface area contributed by atoms with Crippen LogP contribution in [0.1, 0.15) is 25.8 Å². The molecule has 1 atom stereocenters. The molecule has 38 heavy (non-hydrogen) atoms. The number of sulfone groups is 1. The Balaban J connectivity index is 1.42. The number of halogens is 2. The fourth-order valence-electron chi connectivity index (χ4n) is 4.18. The Morgan fingerprint density at radius 3 is 2.68 bits per heavy atom. The summed E-state index contributed by atoms with van der Waals surface area (Å²) in [6.07, 6.45) is 5.14. The van der Waals surface area contributed by atoms with Crippen LogP contribution in [-0.2, 0) is 21.3 Å². The largest absolute Gasteiger partial charge is 0.333 e. The molecule has 4 aromatic rings. The van der Waals surface area contributed by atoms with E-state index < -0.39 is 33.0 Å². The van der Waals surface area contributed by atoms with Gasteiger partial charge in [-0.1, -0.05) is 52.3 Å². The van der Waals surface area contributed by atoms with E-state index in [1.165, 1.54) is 23.2 Å². The van der Waals surface area contributed by atoms with Crippen LogP contribution in [0.2, 0.25) is 0 Å². The monoisotopic (exact) mass is 611 g/mol. The van der Waals surface area contributed by atoms with Gasteiger partial charge in [-0.15, -0.1) is 11.3 Å². The molecule has 5 rings (SSSR count). The van der Waals surface area contributed by atoms with Gasteiger partial charge in [0, 0.05) is 52.0 Å². The molecule has 1 saturated heterocycles. The van der Waals surface area contributed by atoms with Crippen LogP contribution in [-0.4, -0.2) is 53.0 Å². The Labute approximate surface area is 231 Å². The highest BCUT2D eigenvalue weighted by Crippen LogP contribution is 2.40. The average molecular weight is 613 g/mol. The van der Waals surface area contributed by atoms with Gasteiger partial charge in [0.2, 0.25) is 5.69 Å². The number of rotatable bonds is 5. The van der Waals surface area contributed by atoms with Crippen molar-refractivity contribution in [3.63, 3.8) is 0 Å². The van der Waals surface area contributed by atoms with Gasteiger partial charge in [0.05, 0.1) is 18.9 Å². The number of amides is 1. The highest BCUT2D eigenvalue weighted by Gasteiger charge is 2.53. The molecule has 0 N–H and O–H groups in total. The molecule has 0 unspecified atom stereocenters. The molecule has 12 heteroatoms. The SMILES string of the molecule is [C-]#[N+]c1cc(C(=O)N2CCS(=O)(=O)[C@@](F)(c3ncc(Cc4ccccc4-c4ncccn4)s3)C2)ccc1Br. The van der Waals surface area contributed by atoms with Gasteiger partial charge in [0.1, 0.15) is 5.01 Å². The predicted octanol–water partition coefficient (Wildman–Crippen LogP) is 5.20. The van der Waals surface area contributed by atoms with E-state index in [-0.39, 0.29) is 22.8 Å². The number of alkyl halides is 1. The van der Waals surface area contributed by atoms with Crippen LogP contribution in [0, 0.1) is 6.57 Å². The lowest BCUT2D eigenvalue weighted by atomic mass is 10.0. The first kappa shape index (κ1) is 26.1. The molecular formula is C26H19BrFN5O3S2. The molecule has 2 aromatic carbocycles. The number of thiazole rings is 1. The number of hydrogen-bond donors (Lipinski definition) is 0. The van der Waals surface area contributed by atoms with Crippen LogP contribution >= 0.6 is 27.3 Å². The number of hydrogen-bond acceptors (Lipinski definition) is 7. The third-order valence-electron chi connectivity index (χ3n) is 6.18. The molecule has 2 aromatic heterocycles. The minimum absolute atomic E-state index is 0.154. The van der Waals surface area contributed by atoms with E-state index in [0.717, 1.165) is 22.5 Å². The molecular weight excluding hydrogens is 593 g/mol. The number of benzene rings is 2. The summed E-state index contributed by atoms with van der Waals surface area (Å²) in [5, 5.41) is -3.06. The van der Waals surface area contributed by atoms with E-state index in [1.807, 2.05) is 24.3 Å². The van der Waals surface area contributed by atoms with Crippen molar-refractivity contribution in [2.24, 2.45) is 0 Å². The third-order valence-corrected chi connectivity index (χ3v) is 10.1. The van der Waals surface area contributed by atoms with E-state index >= 15 is 4.39 Å². The Morgan fingerprint density at radius 1 is 1.16 bits per heavy atom.